The minimum absolute atomic E-state index is 0. The van der Waals surface area contributed by atoms with Crippen molar-refractivity contribution in [1.82, 2.24) is 4.90 Å². The monoisotopic (exact) mass is 452 g/mol. The van der Waals surface area contributed by atoms with Crippen molar-refractivity contribution in [1.29, 1.82) is 0 Å². The first kappa shape index (κ1) is 26.1. The number of benzene rings is 2. The molecule has 2 aromatic rings. The Labute approximate surface area is 206 Å². The molecule has 0 saturated heterocycles. The van der Waals surface area contributed by atoms with Crippen molar-refractivity contribution in [2.75, 3.05) is 11.9 Å². The number of nitrogens with one attached hydrogen (secondary N) is 1. The fourth-order valence-corrected chi connectivity index (χ4v) is 3.68. The summed E-state index contributed by atoms with van der Waals surface area (Å²) in [5.74, 6) is -0.0610. The van der Waals surface area contributed by atoms with Crippen LogP contribution < -0.4 is 10.1 Å². The zero-order chi connectivity index (χ0) is 22.6. The number of para-hydroxylation sites is 1. The van der Waals surface area contributed by atoms with Gasteiger partial charge in [-0.15, -0.1) is 0 Å². The van der Waals surface area contributed by atoms with Gasteiger partial charge in [0, 0.05) is 19.5 Å². The van der Waals surface area contributed by atoms with Gasteiger partial charge in [-0.2, -0.15) is 0 Å². The zero-order valence-corrected chi connectivity index (χ0v) is 19.2. The van der Waals surface area contributed by atoms with Gasteiger partial charge in [0.2, 0.25) is 0 Å². The third kappa shape index (κ3) is 6.68. The van der Waals surface area contributed by atoms with E-state index in [-0.39, 0.29) is 43.4 Å². The number of halogens is 1. The summed E-state index contributed by atoms with van der Waals surface area (Å²) in [5, 5.41) is 3.67. The average Bonchev–Trinajstić information content (AvgIpc) is 2.72. The maximum absolute atomic E-state index is 12.9. The van der Waals surface area contributed by atoms with Gasteiger partial charge in [-0.25, -0.2) is 4.79 Å². The van der Waals surface area contributed by atoms with Crippen LogP contribution in [0.25, 0.3) is 0 Å². The van der Waals surface area contributed by atoms with E-state index in [0.29, 0.717) is 36.0 Å². The standard InChI is InChI=1S/C24H29ClN2O4.Li.H/c1-5-21(28)30-22-19(25)11-8-12-20(22)26-14-18-13-16-9-6-7-10-17(16)15-27(18)23(29)31-24(2,3)4;;/h6-12,18,26H,5,13-15H2,1-4H3;;. The molecule has 8 heteroatoms. The average molecular weight is 453 g/mol. The first-order chi connectivity index (χ1) is 14.7. The number of rotatable bonds is 5. The number of ether oxygens (including phenoxy) is 2. The predicted molar refractivity (Wildman–Crippen MR) is 129 cm³/mol. The number of nitrogens with zero attached hydrogens (tertiary/aromatic N) is 1. The molecule has 0 radical (unpaired) electrons. The number of anilines is 1. The van der Waals surface area contributed by atoms with E-state index in [9.17, 15) is 9.59 Å². The van der Waals surface area contributed by atoms with Crippen molar-refractivity contribution in [2.45, 2.75) is 58.7 Å². The molecule has 0 saturated carbocycles. The van der Waals surface area contributed by atoms with E-state index in [0.717, 1.165) is 5.56 Å². The molecule has 1 amide bonds. The van der Waals surface area contributed by atoms with Crippen LogP contribution in [0.5, 0.6) is 5.75 Å². The van der Waals surface area contributed by atoms with E-state index in [1.165, 1.54) is 5.56 Å². The summed E-state index contributed by atoms with van der Waals surface area (Å²) in [7, 11) is 0. The molecule has 1 aliphatic heterocycles. The molecule has 1 N–H and O–H groups in total. The molecular formula is C24H30ClLiN2O4. The Bertz CT molecular complexity index is 961. The van der Waals surface area contributed by atoms with E-state index in [2.05, 4.69) is 11.4 Å². The normalized spacial score (nSPS) is 15.3. The van der Waals surface area contributed by atoms with Crippen LogP contribution >= 0.6 is 11.6 Å². The van der Waals surface area contributed by atoms with Gasteiger partial charge in [0.25, 0.3) is 0 Å². The molecule has 168 valence electrons. The predicted octanol–water partition coefficient (Wildman–Crippen LogP) is 4.78. The van der Waals surface area contributed by atoms with Crippen molar-refractivity contribution in [3.05, 3.63) is 58.6 Å². The van der Waals surface area contributed by atoms with E-state index in [1.54, 1.807) is 30.0 Å². The Hall–Kier alpha value is -2.13. The molecule has 1 aliphatic rings. The Morgan fingerprint density at radius 3 is 2.47 bits per heavy atom. The molecule has 6 nitrogen and oxygen atoms in total. The first-order valence-electron chi connectivity index (χ1n) is 10.5. The second-order valence-electron chi connectivity index (χ2n) is 8.56. The summed E-state index contributed by atoms with van der Waals surface area (Å²) >= 11 is 6.27. The molecule has 0 bridgehead atoms. The summed E-state index contributed by atoms with van der Waals surface area (Å²) in [5.41, 5.74) is 2.35. The third-order valence-electron chi connectivity index (χ3n) is 4.98. The molecule has 1 atom stereocenters. The fourth-order valence-electron chi connectivity index (χ4n) is 3.47. The number of carbonyl (C=O) groups excluding carboxylic acids is 2. The fraction of sp³-hybridized carbons (Fsp3) is 0.417. The Morgan fingerprint density at radius 2 is 1.81 bits per heavy atom. The summed E-state index contributed by atoms with van der Waals surface area (Å²) < 4.78 is 11.1. The molecule has 0 spiro atoms. The molecular weight excluding hydrogens is 423 g/mol. The third-order valence-corrected chi connectivity index (χ3v) is 5.28. The number of fused-ring (bicyclic) bond motifs is 1. The zero-order valence-electron chi connectivity index (χ0n) is 18.4. The van der Waals surface area contributed by atoms with Gasteiger partial charge in [0.1, 0.15) is 5.60 Å². The van der Waals surface area contributed by atoms with Crippen LogP contribution in [-0.2, 0) is 22.5 Å². The topological polar surface area (TPSA) is 67.9 Å². The SMILES string of the molecule is CCC(=O)Oc1c(Cl)cccc1NCC1Cc2ccccc2CN1C(=O)OC(C)(C)C.[LiH]. The van der Waals surface area contributed by atoms with Gasteiger partial charge < -0.3 is 14.8 Å². The molecule has 2 aromatic carbocycles. The van der Waals surface area contributed by atoms with E-state index < -0.39 is 5.60 Å². The van der Waals surface area contributed by atoms with Crippen molar-refractivity contribution in [3.8, 4) is 5.75 Å². The number of carbonyl (C=O) groups is 2. The van der Waals surface area contributed by atoms with Crippen LogP contribution in [0.3, 0.4) is 0 Å². The van der Waals surface area contributed by atoms with Gasteiger partial charge in [0.15, 0.2) is 5.75 Å². The summed E-state index contributed by atoms with van der Waals surface area (Å²) in [6, 6.07) is 13.2. The van der Waals surface area contributed by atoms with Crippen molar-refractivity contribution in [2.24, 2.45) is 0 Å². The van der Waals surface area contributed by atoms with E-state index in [4.69, 9.17) is 21.1 Å². The Kier molecular flexibility index (Phi) is 9.09. The van der Waals surface area contributed by atoms with Gasteiger partial charge in [-0.3, -0.25) is 9.69 Å². The van der Waals surface area contributed by atoms with Crippen LogP contribution in [0.2, 0.25) is 5.02 Å². The van der Waals surface area contributed by atoms with Crippen molar-refractivity contribution >= 4 is 48.2 Å². The number of amides is 1. The summed E-state index contributed by atoms with van der Waals surface area (Å²) in [6.45, 7) is 8.23. The number of hydrogen-bond acceptors (Lipinski definition) is 5. The molecule has 0 aromatic heterocycles. The Balaban J connectivity index is 0.00000363. The van der Waals surface area contributed by atoms with Crippen LogP contribution in [-0.4, -0.2) is 54.0 Å². The van der Waals surface area contributed by atoms with Crippen LogP contribution in [0.1, 0.15) is 45.2 Å². The van der Waals surface area contributed by atoms with Crippen LogP contribution in [0, 0.1) is 0 Å². The van der Waals surface area contributed by atoms with Crippen molar-refractivity contribution < 1.29 is 19.1 Å². The van der Waals surface area contributed by atoms with E-state index in [1.807, 2.05) is 39.0 Å². The molecule has 3 rings (SSSR count). The van der Waals surface area contributed by atoms with Gasteiger partial charge >= 0.3 is 30.9 Å². The molecule has 1 unspecified atom stereocenters. The van der Waals surface area contributed by atoms with Gasteiger partial charge in [-0.05, 0) is 50.5 Å². The van der Waals surface area contributed by atoms with Crippen molar-refractivity contribution in [3.63, 3.8) is 0 Å². The quantitative estimate of drug-likeness (QED) is 0.401. The maximum atomic E-state index is 12.9. The Morgan fingerprint density at radius 1 is 1.12 bits per heavy atom. The second-order valence-corrected chi connectivity index (χ2v) is 8.97. The first-order valence-corrected chi connectivity index (χ1v) is 10.8. The molecule has 0 fully saturated rings. The molecule has 1 heterocycles. The van der Waals surface area contributed by atoms with Crippen LogP contribution in [0.15, 0.2) is 42.5 Å². The van der Waals surface area contributed by atoms with E-state index >= 15 is 0 Å². The number of esters is 1. The summed E-state index contributed by atoms with van der Waals surface area (Å²) in [6.07, 6.45) is 0.585. The van der Waals surface area contributed by atoms with Gasteiger partial charge in [-0.1, -0.05) is 48.9 Å². The molecule has 0 aliphatic carbocycles. The summed E-state index contributed by atoms with van der Waals surface area (Å²) in [4.78, 5) is 26.5. The minimum atomic E-state index is -0.583. The van der Waals surface area contributed by atoms with Crippen LogP contribution in [0.4, 0.5) is 10.5 Å². The molecule has 32 heavy (non-hydrogen) atoms. The number of hydrogen-bond donors (Lipinski definition) is 1. The second kappa shape index (κ2) is 11.1. The van der Waals surface area contributed by atoms with Gasteiger partial charge in [0.05, 0.1) is 16.8 Å².